The van der Waals surface area contributed by atoms with Gasteiger partial charge in [0, 0.05) is 0 Å². The molecule has 0 spiro atoms. The van der Waals surface area contributed by atoms with Crippen molar-refractivity contribution in [2.24, 2.45) is 0 Å². The Labute approximate surface area is 67.8 Å². The van der Waals surface area contributed by atoms with E-state index in [2.05, 4.69) is 9.97 Å². The lowest BCUT2D eigenvalue weighted by Gasteiger charge is -2.01. The van der Waals surface area contributed by atoms with E-state index in [9.17, 15) is 5.21 Å². The summed E-state index contributed by atoms with van der Waals surface area (Å²) >= 11 is 0. The number of hydrogen-bond donors (Lipinski definition) is 1. The van der Waals surface area contributed by atoms with Crippen LogP contribution in [-0.4, -0.2) is 19.9 Å². The van der Waals surface area contributed by atoms with Gasteiger partial charge in [-0.15, -0.1) is 0 Å². The van der Waals surface area contributed by atoms with E-state index in [-0.39, 0.29) is 0 Å². The molecule has 2 heterocycles. The summed E-state index contributed by atoms with van der Waals surface area (Å²) in [6.07, 6.45) is 2.62. The smallest absolute Gasteiger partial charge is 0.195 e. The quantitative estimate of drug-likeness (QED) is 0.569. The van der Waals surface area contributed by atoms with E-state index in [1.54, 1.807) is 6.07 Å². The van der Waals surface area contributed by atoms with Crippen LogP contribution >= 0.6 is 0 Å². The summed E-state index contributed by atoms with van der Waals surface area (Å²) in [5.41, 5.74) is 0.863. The van der Waals surface area contributed by atoms with E-state index in [4.69, 9.17) is 5.26 Å². The van der Waals surface area contributed by atoms with Crippen molar-refractivity contribution in [1.82, 2.24) is 14.7 Å². The molecule has 0 unspecified atom stereocenters. The van der Waals surface area contributed by atoms with Crippen molar-refractivity contribution in [2.75, 3.05) is 0 Å². The summed E-state index contributed by atoms with van der Waals surface area (Å²) in [7, 11) is 0. The number of pyridine rings is 1. The van der Waals surface area contributed by atoms with Crippen molar-refractivity contribution in [1.29, 1.82) is 5.26 Å². The second kappa shape index (κ2) is 2.20. The van der Waals surface area contributed by atoms with E-state index in [0.717, 1.165) is 4.73 Å². The lowest BCUT2D eigenvalue weighted by molar-refractivity contribution is 0.186. The first-order chi connectivity index (χ1) is 5.81. The van der Waals surface area contributed by atoms with Gasteiger partial charge >= 0.3 is 0 Å². The molecule has 0 amide bonds. The van der Waals surface area contributed by atoms with Crippen LogP contribution in [0, 0.1) is 11.3 Å². The zero-order valence-electron chi connectivity index (χ0n) is 5.97. The number of fused-ring (bicyclic) bond motifs is 1. The van der Waals surface area contributed by atoms with Crippen LogP contribution in [0.2, 0.25) is 0 Å². The zero-order valence-corrected chi connectivity index (χ0v) is 5.97. The highest BCUT2D eigenvalue weighted by molar-refractivity contribution is 5.54. The fourth-order valence-electron chi connectivity index (χ4n) is 0.987. The zero-order chi connectivity index (χ0) is 8.55. The van der Waals surface area contributed by atoms with Crippen LogP contribution in [0.4, 0.5) is 0 Å². The molecule has 0 aromatic carbocycles. The Morgan fingerprint density at radius 2 is 2.33 bits per heavy atom. The minimum atomic E-state index is 0.352. The Hall–Kier alpha value is -2.09. The first kappa shape index (κ1) is 6.61. The second-order valence-corrected chi connectivity index (χ2v) is 2.27. The monoisotopic (exact) mass is 160 g/mol. The molecule has 2 rings (SSSR count). The third-order valence-corrected chi connectivity index (χ3v) is 1.51. The lowest BCUT2D eigenvalue weighted by atomic mass is 10.2. The highest BCUT2D eigenvalue weighted by Gasteiger charge is 2.10. The van der Waals surface area contributed by atoms with Gasteiger partial charge in [-0.3, -0.25) is 0 Å². The van der Waals surface area contributed by atoms with Crippen LogP contribution in [0.3, 0.4) is 0 Å². The van der Waals surface area contributed by atoms with Crippen molar-refractivity contribution >= 4 is 0 Å². The van der Waals surface area contributed by atoms with Crippen LogP contribution in [0.25, 0.3) is 11.5 Å². The minimum absolute atomic E-state index is 0.352. The summed E-state index contributed by atoms with van der Waals surface area (Å²) in [5, 5.41) is 17.8. The average Bonchev–Trinajstić information content (AvgIpc) is 2.52. The molecular formula is C7H4N4O. The number of nitrogens with zero attached hydrogens (tertiary/aromatic N) is 4. The topological polar surface area (TPSA) is 74.7 Å². The van der Waals surface area contributed by atoms with Gasteiger partial charge in [0.2, 0.25) is 0 Å². The molecule has 0 fully saturated rings. The molecule has 0 bridgehead atoms. The highest BCUT2D eigenvalue weighted by Crippen LogP contribution is 2.16. The molecular weight excluding hydrogens is 156 g/mol. The van der Waals surface area contributed by atoms with E-state index >= 15 is 0 Å². The Morgan fingerprint density at radius 3 is 3.08 bits per heavy atom. The number of hydrogen-bond acceptors (Lipinski definition) is 4. The molecule has 0 saturated heterocycles. The third-order valence-electron chi connectivity index (χ3n) is 1.51. The summed E-state index contributed by atoms with van der Waals surface area (Å²) in [4.78, 5) is 7.63. The standard InChI is InChI=1S/C7H4N4O/c8-2-5-1-6-7(10-4-9-6)11(12)3-5/h1,3-4,12H. The summed E-state index contributed by atoms with van der Waals surface area (Å²) in [6, 6.07) is 3.47. The minimum Gasteiger partial charge on any atom is -0.427 e. The average molecular weight is 160 g/mol. The molecule has 0 aliphatic carbocycles. The van der Waals surface area contributed by atoms with Crippen LogP contribution in [-0.2, 0) is 0 Å². The van der Waals surface area contributed by atoms with Crippen LogP contribution in [0.15, 0.2) is 18.6 Å². The van der Waals surface area contributed by atoms with Gasteiger partial charge < -0.3 is 5.21 Å². The Kier molecular flexibility index (Phi) is 1.21. The van der Waals surface area contributed by atoms with Crippen molar-refractivity contribution in [3.8, 4) is 17.6 Å². The van der Waals surface area contributed by atoms with E-state index < -0.39 is 0 Å². The normalized spacial score (nSPS) is 9.92. The molecule has 0 radical (unpaired) electrons. The Bertz CT molecular complexity index is 428. The number of imidazole rings is 1. The SMILES string of the molecule is N#Cc1cc2ncnc-2n(O)c1. The highest BCUT2D eigenvalue weighted by atomic mass is 16.5. The number of aromatic nitrogens is 3. The lowest BCUT2D eigenvalue weighted by Crippen LogP contribution is -1.99. The van der Waals surface area contributed by atoms with Crippen LogP contribution in [0.1, 0.15) is 5.56 Å². The Morgan fingerprint density at radius 1 is 1.50 bits per heavy atom. The molecule has 5 nitrogen and oxygen atoms in total. The Balaban J connectivity index is 2.77. The molecule has 0 saturated carbocycles. The van der Waals surface area contributed by atoms with Gasteiger partial charge in [0.05, 0.1) is 11.8 Å². The summed E-state index contributed by atoms with van der Waals surface area (Å²) < 4.78 is 0.793. The van der Waals surface area contributed by atoms with Crippen molar-refractivity contribution in [3.63, 3.8) is 0 Å². The molecule has 12 heavy (non-hydrogen) atoms. The van der Waals surface area contributed by atoms with Crippen molar-refractivity contribution in [3.05, 3.63) is 24.2 Å². The van der Waals surface area contributed by atoms with Gasteiger partial charge in [0.15, 0.2) is 5.82 Å². The molecule has 1 N–H and O–H groups in total. The molecule has 2 aliphatic heterocycles. The van der Waals surface area contributed by atoms with E-state index in [1.165, 1.54) is 12.5 Å². The second-order valence-electron chi connectivity index (χ2n) is 2.27. The number of nitriles is 1. The van der Waals surface area contributed by atoms with Crippen LogP contribution < -0.4 is 0 Å². The largest absolute Gasteiger partial charge is 0.427 e. The van der Waals surface area contributed by atoms with Gasteiger partial charge in [-0.1, -0.05) is 0 Å². The molecule has 0 aromatic heterocycles. The summed E-state index contributed by atoms with van der Waals surface area (Å²) in [6.45, 7) is 0. The van der Waals surface area contributed by atoms with E-state index in [0.29, 0.717) is 17.1 Å². The van der Waals surface area contributed by atoms with Gasteiger partial charge in [0.1, 0.15) is 18.1 Å². The molecule has 2 aliphatic rings. The number of rotatable bonds is 0. The molecule has 58 valence electrons. The molecule has 0 atom stereocenters. The van der Waals surface area contributed by atoms with E-state index in [1.807, 2.05) is 6.07 Å². The van der Waals surface area contributed by atoms with Crippen LogP contribution in [0.5, 0.6) is 0 Å². The van der Waals surface area contributed by atoms with Gasteiger partial charge in [-0.2, -0.15) is 9.99 Å². The fraction of sp³-hybridized carbons (Fsp3) is 0. The van der Waals surface area contributed by atoms with Crippen molar-refractivity contribution in [2.45, 2.75) is 0 Å². The van der Waals surface area contributed by atoms with Crippen molar-refractivity contribution < 1.29 is 5.21 Å². The predicted molar refractivity (Wildman–Crippen MR) is 38.5 cm³/mol. The maximum atomic E-state index is 9.24. The molecule has 0 aromatic rings. The predicted octanol–water partition coefficient (Wildman–Crippen LogP) is 0.492. The summed E-state index contributed by atoms with van der Waals surface area (Å²) in [5.74, 6) is 0.356. The van der Waals surface area contributed by atoms with Gasteiger partial charge in [-0.05, 0) is 6.07 Å². The molecule has 5 heteroatoms. The third kappa shape index (κ3) is 0.787. The van der Waals surface area contributed by atoms with Gasteiger partial charge in [0.25, 0.3) is 0 Å². The fourth-order valence-corrected chi connectivity index (χ4v) is 0.987. The maximum absolute atomic E-state index is 9.24. The van der Waals surface area contributed by atoms with Gasteiger partial charge in [-0.25, -0.2) is 9.97 Å². The first-order valence-corrected chi connectivity index (χ1v) is 3.24. The maximum Gasteiger partial charge on any atom is 0.195 e. The first-order valence-electron chi connectivity index (χ1n) is 3.24.